The Balaban J connectivity index is 2.09. The number of halogens is 1. The highest BCUT2D eigenvalue weighted by Gasteiger charge is 2.37. The van der Waals surface area contributed by atoms with Crippen LogP contribution in [-0.4, -0.2) is 17.4 Å². The number of benzene rings is 1. The zero-order valence-electron chi connectivity index (χ0n) is 11.9. The van der Waals surface area contributed by atoms with Gasteiger partial charge in [-0.2, -0.15) is 0 Å². The maximum absolute atomic E-state index is 13.1. The summed E-state index contributed by atoms with van der Waals surface area (Å²) in [7, 11) is 0. The van der Waals surface area contributed by atoms with Crippen molar-refractivity contribution in [2.45, 2.75) is 19.3 Å². The molecule has 0 atom stereocenters. The molecule has 1 aromatic heterocycles. The largest absolute Gasteiger partial charge is 0.364 e. The third-order valence-corrected chi connectivity index (χ3v) is 3.75. The predicted octanol–water partition coefficient (Wildman–Crippen LogP) is 2.75. The van der Waals surface area contributed by atoms with Gasteiger partial charge in [0, 0.05) is 17.6 Å². The van der Waals surface area contributed by atoms with E-state index < -0.39 is 5.91 Å². The van der Waals surface area contributed by atoms with Crippen molar-refractivity contribution in [3.8, 4) is 0 Å². The highest BCUT2D eigenvalue weighted by Crippen LogP contribution is 2.43. The Morgan fingerprint density at radius 3 is 2.52 bits per heavy atom. The Morgan fingerprint density at radius 1 is 1.24 bits per heavy atom. The fraction of sp³-hybridized carbons (Fsp3) is 0.250. The molecular weight excluding hydrogens is 269 g/mol. The lowest BCUT2D eigenvalue weighted by Gasteiger charge is -2.22. The van der Waals surface area contributed by atoms with Crippen LogP contribution in [0.1, 0.15) is 30.0 Å². The van der Waals surface area contributed by atoms with Gasteiger partial charge in [0.05, 0.1) is 11.4 Å². The van der Waals surface area contributed by atoms with Crippen LogP contribution in [0.25, 0.3) is 0 Å². The average Bonchev–Trinajstić information content (AvgIpc) is 2.71. The van der Waals surface area contributed by atoms with E-state index in [1.807, 2.05) is 6.07 Å². The Labute approximate surface area is 122 Å². The van der Waals surface area contributed by atoms with E-state index in [2.05, 4.69) is 23.7 Å². The standard InChI is InChI=1S/C16H16FN3O/c1-16(2)9-20(11-5-3-10(17)4-6-11)13-8-7-12(15(18)21)19-14(13)16/h3-8H,9H2,1-2H3,(H2,18,21). The maximum Gasteiger partial charge on any atom is 0.267 e. The number of anilines is 2. The highest BCUT2D eigenvalue weighted by molar-refractivity contribution is 5.91. The smallest absolute Gasteiger partial charge is 0.267 e. The lowest BCUT2D eigenvalue weighted by molar-refractivity contribution is 0.0995. The molecule has 1 aliphatic rings. The summed E-state index contributed by atoms with van der Waals surface area (Å²) in [5.74, 6) is -0.798. The maximum atomic E-state index is 13.1. The van der Waals surface area contributed by atoms with E-state index in [1.165, 1.54) is 12.1 Å². The normalized spacial score (nSPS) is 15.9. The molecule has 0 radical (unpaired) electrons. The van der Waals surface area contributed by atoms with Gasteiger partial charge in [0.1, 0.15) is 11.5 Å². The Kier molecular flexibility index (Phi) is 2.93. The summed E-state index contributed by atoms with van der Waals surface area (Å²) >= 11 is 0. The third-order valence-electron chi connectivity index (χ3n) is 3.75. The monoisotopic (exact) mass is 285 g/mol. The number of carbonyl (C=O) groups is 1. The van der Waals surface area contributed by atoms with E-state index in [4.69, 9.17) is 5.73 Å². The third kappa shape index (κ3) is 2.24. The molecule has 0 spiro atoms. The van der Waals surface area contributed by atoms with Crippen molar-refractivity contribution >= 4 is 17.3 Å². The van der Waals surface area contributed by atoms with Crippen molar-refractivity contribution in [2.24, 2.45) is 5.73 Å². The zero-order chi connectivity index (χ0) is 15.2. The van der Waals surface area contributed by atoms with Gasteiger partial charge in [-0.25, -0.2) is 9.37 Å². The number of aromatic nitrogens is 1. The fourth-order valence-electron chi connectivity index (χ4n) is 2.71. The second-order valence-electron chi connectivity index (χ2n) is 5.87. The Bertz CT molecular complexity index is 710. The molecule has 2 aromatic rings. The summed E-state index contributed by atoms with van der Waals surface area (Å²) in [5.41, 5.74) is 8.02. The highest BCUT2D eigenvalue weighted by atomic mass is 19.1. The molecule has 108 valence electrons. The van der Waals surface area contributed by atoms with E-state index in [0.717, 1.165) is 17.1 Å². The fourth-order valence-corrected chi connectivity index (χ4v) is 2.71. The van der Waals surface area contributed by atoms with Crippen molar-refractivity contribution in [3.05, 3.63) is 53.6 Å². The molecule has 1 aliphatic heterocycles. The molecule has 0 saturated carbocycles. The average molecular weight is 285 g/mol. The van der Waals surface area contributed by atoms with Gasteiger partial charge in [-0.1, -0.05) is 13.8 Å². The molecule has 0 bridgehead atoms. The van der Waals surface area contributed by atoms with Gasteiger partial charge < -0.3 is 10.6 Å². The number of rotatable bonds is 2. The van der Waals surface area contributed by atoms with Crippen LogP contribution in [0.15, 0.2) is 36.4 Å². The molecule has 0 fully saturated rings. The molecule has 3 rings (SSSR count). The molecule has 1 amide bonds. The molecule has 21 heavy (non-hydrogen) atoms. The van der Waals surface area contributed by atoms with Crippen LogP contribution in [0.3, 0.4) is 0 Å². The molecule has 1 aromatic carbocycles. The molecule has 0 aliphatic carbocycles. The summed E-state index contributed by atoms with van der Waals surface area (Å²) in [6.45, 7) is 4.84. The van der Waals surface area contributed by atoms with Crippen LogP contribution >= 0.6 is 0 Å². The van der Waals surface area contributed by atoms with E-state index in [1.54, 1.807) is 18.2 Å². The second-order valence-corrected chi connectivity index (χ2v) is 5.87. The first kappa shape index (κ1) is 13.5. The van der Waals surface area contributed by atoms with Crippen molar-refractivity contribution in [1.29, 1.82) is 0 Å². The number of nitrogens with two attached hydrogens (primary N) is 1. The summed E-state index contributed by atoms with van der Waals surface area (Å²) < 4.78 is 13.1. The van der Waals surface area contributed by atoms with E-state index >= 15 is 0 Å². The number of nitrogens with zero attached hydrogens (tertiary/aromatic N) is 2. The minimum absolute atomic E-state index is 0.213. The molecular formula is C16H16FN3O. The van der Waals surface area contributed by atoms with Crippen molar-refractivity contribution in [1.82, 2.24) is 4.98 Å². The first-order chi connectivity index (χ1) is 9.88. The summed E-state index contributed by atoms with van der Waals surface area (Å²) in [5, 5.41) is 0. The van der Waals surface area contributed by atoms with E-state index in [9.17, 15) is 9.18 Å². The van der Waals surface area contributed by atoms with E-state index in [-0.39, 0.29) is 16.9 Å². The van der Waals surface area contributed by atoms with Crippen LogP contribution in [0.4, 0.5) is 15.8 Å². The number of carbonyl (C=O) groups excluding carboxylic acids is 1. The van der Waals surface area contributed by atoms with Gasteiger partial charge in [-0.15, -0.1) is 0 Å². The van der Waals surface area contributed by atoms with Gasteiger partial charge in [-0.05, 0) is 36.4 Å². The first-order valence-corrected chi connectivity index (χ1v) is 6.73. The Hall–Kier alpha value is -2.43. The number of primary amides is 1. The van der Waals surface area contributed by atoms with Crippen LogP contribution in [0.5, 0.6) is 0 Å². The molecule has 5 heteroatoms. The molecule has 0 saturated heterocycles. The van der Waals surface area contributed by atoms with Crippen molar-refractivity contribution in [3.63, 3.8) is 0 Å². The quantitative estimate of drug-likeness (QED) is 0.923. The number of pyridine rings is 1. The number of amides is 1. The lowest BCUT2D eigenvalue weighted by atomic mass is 9.91. The van der Waals surface area contributed by atoms with Crippen LogP contribution in [0, 0.1) is 5.82 Å². The summed E-state index contributed by atoms with van der Waals surface area (Å²) in [6.07, 6.45) is 0. The van der Waals surface area contributed by atoms with Crippen molar-refractivity contribution < 1.29 is 9.18 Å². The SMILES string of the molecule is CC1(C)CN(c2ccc(F)cc2)c2ccc(C(N)=O)nc21. The predicted molar refractivity (Wildman–Crippen MR) is 79.2 cm³/mol. The van der Waals surface area contributed by atoms with Gasteiger partial charge in [0.25, 0.3) is 5.91 Å². The number of fused-ring (bicyclic) bond motifs is 1. The summed E-state index contributed by atoms with van der Waals surface area (Å²) in [6, 6.07) is 9.82. The molecule has 0 unspecified atom stereocenters. The Morgan fingerprint density at radius 2 is 1.90 bits per heavy atom. The van der Waals surface area contributed by atoms with Crippen molar-refractivity contribution in [2.75, 3.05) is 11.4 Å². The number of hydrogen-bond donors (Lipinski definition) is 1. The van der Waals surface area contributed by atoms with Crippen LogP contribution in [-0.2, 0) is 5.41 Å². The molecule has 2 N–H and O–H groups in total. The minimum Gasteiger partial charge on any atom is -0.364 e. The lowest BCUT2D eigenvalue weighted by Crippen LogP contribution is -2.25. The topological polar surface area (TPSA) is 59.2 Å². The second kappa shape index (κ2) is 4.55. The first-order valence-electron chi connectivity index (χ1n) is 6.73. The molecule has 4 nitrogen and oxygen atoms in total. The molecule has 2 heterocycles. The van der Waals surface area contributed by atoms with Gasteiger partial charge in [0.2, 0.25) is 0 Å². The minimum atomic E-state index is -0.533. The van der Waals surface area contributed by atoms with E-state index in [0.29, 0.717) is 6.54 Å². The summed E-state index contributed by atoms with van der Waals surface area (Å²) in [4.78, 5) is 17.8. The zero-order valence-corrected chi connectivity index (χ0v) is 11.9. The number of hydrogen-bond acceptors (Lipinski definition) is 3. The van der Waals surface area contributed by atoms with Gasteiger partial charge in [-0.3, -0.25) is 4.79 Å². The van der Waals surface area contributed by atoms with Gasteiger partial charge in [0.15, 0.2) is 0 Å². The van der Waals surface area contributed by atoms with Gasteiger partial charge >= 0.3 is 0 Å². The van der Waals surface area contributed by atoms with Crippen LogP contribution < -0.4 is 10.6 Å². The van der Waals surface area contributed by atoms with Crippen LogP contribution in [0.2, 0.25) is 0 Å².